The first-order valence-electron chi connectivity index (χ1n) is 10.1. The van der Waals surface area contributed by atoms with Gasteiger partial charge in [-0.2, -0.15) is 23.4 Å². The molecular formula is C23H18ClF3N4OS. The number of fused-ring (bicyclic) bond motifs is 1. The second kappa shape index (κ2) is 9.12. The quantitative estimate of drug-likeness (QED) is 0.273. The topological polar surface area (TPSA) is 67.6 Å². The zero-order valence-corrected chi connectivity index (χ0v) is 19.3. The van der Waals surface area contributed by atoms with Crippen LogP contribution in [0.4, 0.5) is 13.2 Å². The fourth-order valence-corrected chi connectivity index (χ4v) is 4.44. The average Bonchev–Trinajstić information content (AvgIpc) is 3.38. The fraction of sp³-hybridized carbons (Fsp3) is 0.261. The lowest BCUT2D eigenvalue weighted by atomic mass is 10.0. The van der Waals surface area contributed by atoms with Crippen LogP contribution in [0.2, 0.25) is 5.02 Å². The van der Waals surface area contributed by atoms with Gasteiger partial charge in [0, 0.05) is 21.5 Å². The minimum Gasteiger partial charge on any atom is -0.337 e. The highest BCUT2D eigenvalue weighted by atomic mass is 35.5. The van der Waals surface area contributed by atoms with Crippen molar-refractivity contribution in [2.75, 3.05) is 6.26 Å². The van der Waals surface area contributed by atoms with E-state index >= 15 is 0 Å². The Morgan fingerprint density at radius 2 is 2.00 bits per heavy atom. The standard InChI is InChI=1S/C23H18ClF3N4OS/c1-3-4-14-9-17-19(8-5-13(11-28)21(17)23(25,26)27)31(14)12-20-29-22(32-30-20)16-10-15(33-2)6-7-18(16)24/h5-10H,3-4,12H2,1-2H3. The van der Waals surface area contributed by atoms with E-state index in [2.05, 4.69) is 10.1 Å². The summed E-state index contributed by atoms with van der Waals surface area (Å²) >= 11 is 7.84. The number of nitrogens with zero attached hydrogens (tertiary/aromatic N) is 4. The summed E-state index contributed by atoms with van der Waals surface area (Å²) in [6.07, 6.45) is -1.43. The first kappa shape index (κ1) is 23.2. The van der Waals surface area contributed by atoms with E-state index in [0.29, 0.717) is 34.0 Å². The van der Waals surface area contributed by atoms with E-state index in [9.17, 15) is 18.4 Å². The van der Waals surface area contributed by atoms with Crippen LogP contribution < -0.4 is 0 Å². The molecule has 33 heavy (non-hydrogen) atoms. The second-order valence-corrected chi connectivity index (χ2v) is 8.65. The third-order valence-electron chi connectivity index (χ3n) is 5.25. The summed E-state index contributed by atoms with van der Waals surface area (Å²) in [7, 11) is 0. The van der Waals surface area contributed by atoms with Gasteiger partial charge in [-0.05, 0) is 49.1 Å². The number of hydrogen-bond donors (Lipinski definition) is 0. The van der Waals surface area contributed by atoms with Gasteiger partial charge in [-0.1, -0.05) is 30.1 Å². The van der Waals surface area contributed by atoms with Crippen molar-refractivity contribution in [2.45, 2.75) is 37.4 Å². The van der Waals surface area contributed by atoms with Crippen LogP contribution in [0.15, 0.2) is 45.8 Å². The smallest absolute Gasteiger partial charge is 0.337 e. The average molecular weight is 491 g/mol. The Hall–Kier alpha value is -2.96. The third-order valence-corrected chi connectivity index (χ3v) is 6.31. The fourth-order valence-electron chi connectivity index (χ4n) is 3.80. The Bertz CT molecular complexity index is 1370. The molecule has 0 fully saturated rings. The van der Waals surface area contributed by atoms with Gasteiger partial charge < -0.3 is 9.09 Å². The number of thioether (sulfide) groups is 1. The van der Waals surface area contributed by atoms with Gasteiger partial charge in [-0.3, -0.25) is 0 Å². The minimum absolute atomic E-state index is 0.00978. The van der Waals surface area contributed by atoms with Crippen molar-refractivity contribution < 1.29 is 17.7 Å². The molecule has 0 aliphatic heterocycles. The predicted molar refractivity (Wildman–Crippen MR) is 121 cm³/mol. The molecule has 0 aliphatic rings. The van der Waals surface area contributed by atoms with E-state index in [4.69, 9.17) is 16.1 Å². The van der Waals surface area contributed by atoms with Crippen molar-refractivity contribution >= 4 is 34.3 Å². The zero-order valence-electron chi connectivity index (χ0n) is 17.7. The summed E-state index contributed by atoms with van der Waals surface area (Å²) in [6, 6.07) is 11.4. The van der Waals surface area contributed by atoms with Crippen LogP contribution in [0.25, 0.3) is 22.4 Å². The number of benzene rings is 2. The molecule has 0 unspecified atom stereocenters. The predicted octanol–water partition coefficient (Wildman–Crippen LogP) is 6.96. The summed E-state index contributed by atoms with van der Waals surface area (Å²) < 4.78 is 48.5. The molecule has 4 rings (SSSR count). The molecule has 0 saturated carbocycles. The number of rotatable bonds is 6. The lowest BCUT2D eigenvalue weighted by Crippen LogP contribution is -2.09. The van der Waals surface area contributed by atoms with Crippen molar-refractivity contribution in [1.29, 1.82) is 5.26 Å². The molecule has 0 atom stereocenters. The van der Waals surface area contributed by atoms with Crippen molar-refractivity contribution in [3.05, 3.63) is 64.1 Å². The van der Waals surface area contributed by atoms with E-state index in [-0.39, 0.29) is 17.8 Å². The summed E-state index contributed by atoms with van der Waals surface area (Å²) in [5, 5.41) is 13.7. The van der Waals surface area contributed by atoms with Crippen LogP contribution in [0.1, 0.15) is 36.0 Å². The van der Waals surface area contributed by atoms with Crippen molar-refractivity contribution in [1.82, 2.24) is 14.7 Å². The molecular weight excluding hydrogens is 473 g/mol. The Balaban J connectivity index is 1.80. The lowest BCUT2D eigenvalue weighted by Gasteiger charge is -2.11. The van der Waals surface area contributed by atoms with Crippen LogP contribution in [0.3, 0.4) is 0 Å². The summed E-state index contributed by atoms with van der Waals surface area (Å²) in [6.45, 7) is 2.06. The lowest BCUT2D eigenvalue weighted by molar-refractivity contribution is -0.136. The van der Waals surface area contributed by atoms with Crippen LogP contribution in [0, 0.1) is 11.3 Å². The maximum absolute atomic E-state index is 13.8. The minimum atomic E-state index is -4.65. The van der Waals surface area contributed by atoms with Gasteiger partial charge in [0.15, 0.2) is 5.82 Å². The molecule has 0 N–H and O–H groups in total. The van der Waals surface area contributed by atoms with Crippen molar-refractivity contribution in [3.63, 3.8) is 0 Å². The first-order valence-corrected chi connectivity index (χ1v) is 11.7. The van der Waals surface area contributed by atoms with Crippen LogP contribution in [-0.4, -0.2) is 21.0 Å². The Morgan fingerprint density at radius 1 is 1.21 bits per heavy atom. The van der Waals surface area contributed by atoms with Gasteiger partial charge in [0.25, 0.3) is 5.89 Å². The summed E-state index contributed by atoms with van der Waals surface area (Å²) in [5.41, 5.74) is 0.320. The summed E-state index contributed by atoms with van der Waals surface area (Å²) in [4.78, 5) is 5.41. The molecule has 2 aromatic heterocycles. The Labute approximate surface area is 197 Å². The first-order chi connectivity index (χ1) is 15.8. The number of hydrogen-bond acceptors (Lipinski definition) is 5. The monoisotopic (exact) mass is 490 g/mol. The molecule has 5 nitrogen and oxygen atoms in total. The van der Waals surface area contributed by atoms with Gasteiger partial charge >= 0.3 is 6.18 Å². The molecule has 0 saturated heterocycles. The van der Waals surface area contributed by atoms with Crippen LogP contribution in [0.5, 0.6) is 0 Å². The number of halogens is 4. The molecule has 0 radical (unpaired) electrons. The molecule has 0 bridgehead atoms. The van der Waals surface area contributed by atoms with Gasteiger partial charge in [0.05, 0.1) is 34.3 Å². The van der Waals surface area contributed by atoms with E-state index in [1.54, 1.807) is 28.5 Å². The number of alkyl halides is 3. The van der Waals surface area contributed by atoms with E-state index in [0.717, 1.165) is 11.3 Å². The maximum atomic E-state index is 13.8. The van der Waals surface area contributed by atoms with Crippen molar-refractivity contribution in [2.24, 2.45) is 0 Å². The van der Waals surface area contributed by atoms with E-state index < -0.39 is 17.3 Å². The van der Waals surface area contributed by atoms with Gasteiger partial charge in [0.1, 0.15) is 0 Å². The maximum Gasteiger partial charge on any atom is 0.418 e. The largest absolute Gasteiger partial charge is 0.418 e. The second-order valence-electron chi connectivity index (χ2n) is 7.36. The number of aromatic nitrogens is 3. The number of nitriles is 1. The number of aryl methyl sites for hydroxylation is 1. The Kier molecular flexibility index (Phi) is 6.41. The van der Waals surface area contributed by atoms with Crippen molar-refractivity contribution in [3.8, 4) is 17.5 Å². The highest BCUT2D eigenvalue weighted by molar-refractivity contribution is 7.98. The summed E-state index contributed by atoms with van der Waals surface area (Å²) in [5.74, 6) is 0.547. The van der Waals surface area contributed by atoms with E-state index in [1.807, 2.05) is 25.3 Å². The van der Waals surface area contributed by atoms with E-state index in [1.165, 1.54) is 18.2 Å². The van der Waals surface area contributed by atoms with Gasteiger partial charge in [-0.25, -0.2) is 0 Å². The molecule has 2 heterocycles. The molecule has 0 amide bonds. The molecule has 0 aliphatic carbocycles. The highest BCUT2D eigenvalue weighted by Gasteiger charge is 2.36. The van der Waals surface area contributed by atoms with Crippen LogP contribution in [-0.2, 0) is 19.1 Å². The highest BCUT2D eigenvalue weighted by Crippen LogP contribution is 2.39. The molecule has 4 aromatic rings. The third kappa shape index (κ3) is 4.45. The molecule has 2 aromatic carbocycles. The normalized spacial score (nSPS) is 11.8. The zero-order chi connectivity index (χ0) is 23.8. The molecule has 10 heteroatoms. The van der Waals surface area contributed by atoms with Gasteiger partial charge in [-0.15, -0.1) is 11.8 Å². The Morgan fingerprint density at radius 3 is 2.67 bits per heavy atom. The SMILES string of the molecule is CCCc1cc2c(C(F)(F)F)c(C#N)ccc2n1Cc1noc(-c2cc(SC)ccc2Cl)n1. The van der Waals surface area contributed by atoms with Gasteiger partial charge in [0.2, 0.25) is 0 Å². The van der Waals surface area contributed by atoms with Crippen LogP contribution >= 0.6 is 23.4 Å². The molecule has 170 valence electrons. The molecule has 0 spiro atoms.